The van der Waals surface area contributed by atoms with Crippen LogP contribution in [0.1, 0.15) is 78.1 Å². The first-order valence-corrected chi connectivity index (χ1v) is 9.29. The molecule has 0 aromatic heterocycles. The molecule has 0 N–H and O–H groups in total. The van der Waals surface area contributed by atoms with Crippen LogP contribution in [0, 0.1) is 40.8 Å². The molecule has 1 unspecified atom stereocenters. The van der Waals surface area contributed by atoms with Crippen molar-refractivity contribution in [1.82, 2.24) is 0 Å². The summed E-state index contributed by atoms with van der Waals surface area (Å²) in [6.07, 6.45) is 11.0. The summed E-state index contributed by atoms with van der Waals surface area (Å²) in [5, 5.41) is 0. The number of hydrogen-bond donors (Lipinski definition) is 0. The Morgan fingerprint density at radius 3 is 1.84 bits per heavy atom. The molecule has 0 saturated heterocycles. The van der Waals surface area contributed by atoms with E-state index in [4.69, 9.17) is 4.52 Å². The molecule has 1 radical (unpaired) electrons. The van der Waals surface area contributed by atoms with E-state index in [9.17, 15) is 9.46 Å². The van der Waals surface area contributed by atoms with Gasteiger partial charge in [-0.15, -0.1) is 0 Å². The summed E-state index contributed by atoms with van der Waals surface area (Å²) in [5.41, 5.74) is 0. The molecule has 1 atom stereocenters. The van der Waals surface area contributed by atoms with Crippen molar-refractivity contribution < 1.29 is 54.8 Å². The molecule has 111 valence electrons. The summed E-state index contributed by atoms with van der Waals surface area (Å²) >= 11 is 0. The van der Waals surface area contributed by atoms with E-state index < -0.39 is 7.60 Å². The van der Waals surface area contributed by atoms with Crippen LogP contribution >= 0.6 is 7.60 Å². The molecule has 0 bridgehead atoms. The average molecular weight is 422 g/mol. The predicted octanol–water partition coefficient (Wildman–Crippen LogP) is 4.50. The van der Waals surface area contributed by atoms with Crippen LogP contribution in [-0.4, -0.2) is 12.8 Å². The van der Waals surface area contributed by atoms with Crippen molar-refractivity contribution in [1.29, 1.82) is 0 Å². The Morgan fingerprint density at radius 2 is 1.32 bits per heavy atom. The molecule has 0 spiro atoms. The Bertz CT molecular complexity index is 225. The third-order valence-corrected chi connectivity index (χ3v) is 4.51. The van der Waals surface area contributed by atoms with Gasteiger partial charge in [-0.25, -0.2) is 0 Å². The molecule has 0 fully saturated rings. The predicted molar refractivity (Wildman–Crippen MR) is 75.9 cm³/mol. The van der Waals surface area contributed by atoms with Crippen molar-refractivity contribution in [3.8, 4) is 0 Å². The van der Waals surface area contributed by atoms with Crippen LogP contribution < -0.4 is 4.89 Å². The van der Waals surface area contributed by atoms with E-state index in [1.165, 1.54) is 32.1 Å². The second kappa shape index (κ2) is 15.9. The maximum Gasteiger partial charge on any atom is 3.00 e. The first-order valence-electron chi connectivity index (χ1n) is 7.57. The minimum Gasteiger partial charge on any atom is -0.778 e. The molecule has 3 nitrogen and oxygen atoms in total. The first-order chi connectivity index (χ1) is 8.62. The van der Waals surface area contributed by atoms with Gasteiger partial charge < -0.3 is 14.0 Å². The largest absolute Gasteiger partial charge is 3.00 e. The Kier molecular flexibility index (Phi) is 19.0. The van der Waals surface area contributed by atoms with Crippen molar-refractivity contribution >= 4 is 7.60 Å². The van der Waals surface area contributed by atoms with Crippen LogP contribution in [0.2, 0.25) is 0 Å². The monoisotopic (exact) mass is 419 g/mol. The van der Waals surface area contributed by atoms with Gasteiger partial charge in [-0.05, 0) is 12.8 Å². The second-order valence-electron chi connectivity index (χ2n) is 5.00. The van der Waals surface area contributed by atoms with Gasteiger partial charge in [0, 0.05) is 6.16 Å². The molecule has 5 heteroatoms. The molecule has 19 heavy (non-hydrogen) atoms. The van der Waals surface area contributed by atoms with Crippen LogP contribution in [0.15, 0.2) is 0 Å². The summed E-state index contributed by atoms with van der Waals surface area (Å²) in [5.74, 6) is 0. The van der Waals surface area contributed by atoms with Gasteiger partial charge >= 0.3 is 40.8 Å². The summed E-state index contributed by atoms with van der Waals surface area (Å²) in [6.45, 7) is 4.69. The van der Waals surface area contributed by atoms with E-state index in [0.717, 1.165) is 32.1 Å². The first kappa shape index (κ1) is 22.8. The van der Waals surface area contributed by atoms with Crippen molar-refractivity contribution in [2.24, 2.45) is 0 Å². The standard InChI is InChI=1S/C14H31O3P.Nd/c1-3-5-7-9-11-13-17-18(15,16)14-12-10-8-6-4-2;/h3-14H2,1-2H3,(H,15,16);/q;+3/p-1. The molecule has 0 heterocycles. The van der Waals surface area contributed by atoms with Gasteiger partial charge in [0.15, 0.2) is 0 Å². The van der Waals surface area contributed by atoms with Crippen molar-refractivity contribution in [2.45, 2.75) is 78.1 Å². The van der Waals surface area contributed by atoms with Crippen LogP contribution in [0.4, 0.5) is 0 Å². The maximum atomic E-state index is 11.6. The third kappa shape index (κ3) is 17.4. The zero-order chi connectivity index (χ0) is 13.7. The Labute approximate surface area is 152 Å². The van der Waals surface area contributed by atoms with E-state index >= 15 is 0 Å². The fraction of sp³-hybridized carbons (Fsp3) is 1.00. The van der Waals surface area contributed by atoms with Gasteiger partial charge in [0.05, 0.1) is 6.61 Å². The van der Waals surface area contributed by atoms with Crippen LogP contribution in [-0.2, 0) is 9.09 Å². The van der Waals surface area contributed by atoms with E-state index in [0.29, 0.717) is 6.61 Å². The zero-order valence-electron chi connectivity index (χ0n) is 12.7. The molecule has 0 amide bonds. The smallest absolute Gasteiger partial charge is 0.778 e. The second-order valence-corrected chi connectivity index (χ2v) is 6.92. The molecule has 0 aliphatic carbocycles. The van der Waals surface area contributed by atoms with Crippen molar-refractivity contribution in [3.05, 3.63) is 0 Å². The zero-order valence-corrected chi connectivity index (χ0v) is 16.8. The van der Waals surface area contributed by atoms with Crippen LogP contribution in [0.5, 0.6) is 0 Å². The summed E-state index contributed by atoms with van der Waals surface area (Å²) < 4.78 is 16.6. The molecule has 0 aromatic carbocycles. The fourth-order valence-electron chi connectivity index (χ4n) is 1.88. The summed E-state index contributed by atoms with van der Waals surface area (Å²) in [7, 11) is -3.55. The van der Waals surface area contributed by atoms with Crippen LogP contribution in [0.25, 0.3) is 0 Å². The summed E-state index contributed by atoms with van der Waals surface area (Å²) in [4.78, 5) is 11.6. The number of rotatable bonds is 13. The SMILES string of the molecule is CCCCCCCOP(=O)([O-])CCCCCCC.[Nd+3]. The van der Waals surface area contributed by atoms with Gasteiger partial charge in [-0.2, -0.15) is 0 Å². The Hall–Kier alpha value is 1.50. The normalized spacial score (nSPS) is 13.8. The molecule has 0 saturated carbocycles. The quantitative estimate of drug-likeness (QED) is 0.325. The van der Waals surface area contributed by atoms with Gasteiger partial charge in [0.25, 0.3) is 0 Å². The molecular weight excluding hydrogens is 391 g/mol. The minimum absolute atomic E-state index is 0. The van der Waals surface area contributed by atoms with E-state index in [1.807, 2.05) is 0 Å². The molecule has 0 aliphatic heterocycles. The molecule has 0 aromatic rings. The number of unbranched alkanes of at least 4 members (excludes halogenated alkanes) is 8. The van der Waals surface area contributed by atoms with E-state index in [1.54, 1.807) is 0 Å². The topological polar surface area (TPSA) is 49.4 Å². The van der Waals surface area contributed by atoms with Gasteiger partial charge in [-0.1, -0.05) is 65.2 Å². The van der Waals surface area contributed by atoms with Crippen LogP contribution in [0.3, 0.4) is 0 Å². The number of hydrogen-bond acceptors (Lipinski definition) is 3. The van der Waals surface area contributed by atoms with Gasteiger partial charge in [0.2, 0.25) is 0 Å². The van der Waals surface area contributed by atoms with Crippen molar-refractivity contribution in [3.63, 3.8) is 0 Å². The van der Waals surface area contributed by atoms with E-state index in [2.05, 4.69) is 13.8 Å². The van der Waals surface area contributed by atoms with Crippen molar-refractivity contribution in [2.75, 3.05) is 12.8 Å². The Balaban J connectivity index is 0. The molecule has 0 aliphatic rings. The average Bonchev–Trinajstić information content (AvgIpc) is 2.33. The van der Waals surface area contributed by atoms with Gasteiger partial charge in [-0.3, -0.25) is 0 Å². The van der Waals surface area contributed by atoms with Gasteiger partial charge in [0.1, 0.15) is 7.60 Å². The Morgan fingerprint density at radius 1 is 0.842 bits per heavy atom. The van der Waals surface area contributed by atoms with E-state index in [-0.39, 0.29) is 47.0 Å². The molecule has 0 rings (SSSR count). The maximum absolute atomic E-state index is 11.6. The minimum atomic E-state index is -3.55. The summed E-state index contributed by atoms with van der Waals surface area (Å²) in [6, 6.07) is 0. The molecular formula is C14H30NdO3P+2. The fourth-order valence-corrected chi connectivity index (χ4v) is 3.03. The third-order valence-electron chi connectivity index (χ3n) is 3.07.